The molecule has 4 nitrogen and oxygen atoms in total. The van der Waals surface area contributed by atoms with E-state index in [0.29, 0.717) is 17.3 Å². The molecule has 1 aromatic rings. The Hall–Kier alpha value is -1.07. The smallest absolute Gasteiger partial charge is 0.239 e. The van der Waals surface area contributed by atoms with Crippen molar-refractivity contribution in [2.75, 3.05) is 6.54 Å². The molecule has 0 saturated carbocycles. The van der Waals surface area contributed by atoms with E-state index in [1.54, 1.807) is 11.9 Å². The number of hydrogen-bond acceptors (Lipinski definition) is 4. The summed E-state index contributed by atoms with van der Waals surface area (Å²) in [7, 11) is 0. The van der Waals surface area contributed by atoms with Gasteiger partial charge in [-0.15, -0.1) is 0 Å². The topological polar surface area (TPSA) is 42.4 Å². The second kappa shape index (κ2) is 5.61. The standard InChI is InChI=1S/C16H20N2O2S/c19-16-14-12-4-5-13(20-12)15(14)21-18(16)10-2-1-3-11-6-8-17-9-7-11/h6-9,12-15H,1-5,10H2. The molecule has 0 N–H and O–H groups in total. The number of aryl methyl sites for hydroxylation is 1. The lowest BCUT2D eigenvalue weighted by molar-refractivity contribution is -0.130. The Kier molecular flexibility index (Phi) is 3.63. The van der Waals surface area contributed by atoms with Gasteiger partial charge in [0.05, 0.1) is 23.4 Å². The summed E-state index contributed by atoms with van der Waals surface area (Å²) in [6.45, 7) is 0.876. The highest BCUT2D eigenvalue weighted by molar-refractivity contribution is 7.98. The highest BCUT2D eigenvalue weighted by Gasteiger charge is 2.58. The molecule has 0 spiro atoms. The monoisotopic (exact) mass is 304 g/mol. The van der Waals surface area contributed by atoms with Crippen molar-refractivity contribution in [3.8, 4) is 0 Å². The first-order valence-corrected chi connectivity index (χ1v) is 8.69. The minimum atomic E-state index is 0.147. The molecule has 3 aliphatic heterocycles. The van der Waals surface area contributed by atoms with Gasteiger partial charge in [-0.05, 0) is 61.7 Å². The minimum absolute atomic E-state index is 0.147. The van der Waals surface area contributed by atoms with Gasteiger partial charge in [0.25, 0.3) is 0 Å². The first kappa shape index (κ1) is 13.6. The van der Waals surface area contributed by atoms with Crippen LogP contribution in [0, 0.1) is 5.92 Å². The van der Waals surface area contributed by atoms with Gasteiger partial charge in [-0.1, -0.05) is 0 Å². The number of aromatic nitrogens is 1. The number of carbonyl (C=O) groups excluding carboxylic acids is 1. The molecule has 21 heavy (non-hydrogen) atoms. The van der Waals surface area contributed by atoms with Gasteiger partial charge in [0.15, 0.2) is 0 Å². The molecule has 1 amide bonds. The fraction of sp³-hybridized carbons (Fsp3) is 0.625. The number of fused-ring (bicyclic) bond motifs is 5. The molecule has 4 unspecified atom stereocenters. The van der Waals surface area contributed by atoms with Crippen LogP contribution in [0.5, 0.6) is 0 Å². The van der Waals surface area contributed by atoms with E-state index < -0.39 is 0 Å². The zero-order valence-corrected chi connectivity index (χ0v) is 12.8. The van der Waals surface area contributed by atoms with Crippen LogP contribution in [-0.4, -0.2) is 39.2 Å². The maximum absolute atomic E-state index is 12.5. The Balaban J connectivity index is 1.26. The van der Waals surface area contributed by atoms with Crippen molar-refractivity contribution in [3.63, 3.8) is 0 Å². The summed E-state index contributed by atoms with van der Waals surface area (Å²) in [6.07, 6.45) is 9.69. The second-order valence-electron chi connectivity index (χ2n) is 6.14. The van der Waals surface area contributed by atoms with Crippen molar-refractivity contribution in [2.24, 2.45) is 5.92 Å². The molecule has 4 atom stereocenters. The number of amides is 1. The molecule has 0 radical (unpaired) electrons. The summed E-state index contributed by atoms with van der Waals surface area (Å²) in [5.74, 6) is 0.468. The first-order valence-electron chi connectivity index (χ1n) is 7.85. The molecule has 5 heteroatoms. The zero-order chi connectivity index (χ0) is 14.2. The molecule has 112 valence electrons. The highest BCUT2D eigenvalue weighted by atomic mass is 32.2. The van der Waals surface area contributed by atoms with E-state index in [2.05, 4.69) is 17.1 Å². The van der Waals surface area contributed by atoms with Crippen LogP contribution in [0.2, 0.25) is 0 Å². The average Bonchev–Trinajstić information content (AvgIpc) is 3.19. The van der Waals surface area contributed by atoms with Crippen molar-refractivity contribution in [3.05, 3.63) is 30.1 Å². The summed E-state index contributed by atoms with van der Waals surface area (Å²) < 4.78 is 7.88. The maximum Gasteiger partial charge on any atom is 0.239 e. The molecule has 3 saturated heterocycles. The van der Waals surface area contributed by atoms with E-state index in [4.69, 9.17) is 4.74 Å². The summed E-state index contributed by atoms with van der Waals surface area (Å²) >= 11 is 1.75. The van der Waals surface area contributed by atoms with E-state index in [0.717, 1.165) is 38.6 Å². The van der Waals surface area contributed by atoms with Crippen LogP contribution in [-0.2, 0) is 16.0 Å². The average molecular weight is 304 g/mol. The molecule has 4 heterocycles. The van der Waals surface area contributed by atoms with E-state index in [9.17, 15) is 4.79 Å². The largest absolute Gasteiger partial charge is 0.373 e. The van der Waals surface area contributed by atoms with Gasteiger partial charge in [-0.3, -0.25) is 14.1 Å². The lowest BCUT2D eigenvalue weighted by Crippen LogP contribution is -2.32. The van der Waals surface area contributed by atoms with Crippen LogP contribution in [0.4, 0.5) is 0 Å². The number of hydrogen-bond donors (Lipinski definition) is 0. The van der Waals surface area contributed by atoms with Gasteiger partial charge in [0.2, 0.25) is 5.91 Å². The predicted molar refractivity (Wildman–Crippen MR) is 81.7 cm³/mol. The van der Waals surface area contributed by atoms with E-state index >= 15 is 0 Å². The summed E-state index contributed by atoms with van der Waals surface area (Å²) in [4.78, 5) is 16.5. The van der Waals surface area contributed by atoms with E-state index in [1.165, 1.54) is 5.56 Å². The number of pyridine rings is 1. The zero-order valence-electron chi connectivity index (χ0n) is 12.0. The quantitative estimate of drug-likeness (QED) is 0.619. The minimum Gasteiger partial charge on any atom is -0.373 e. The molecule has 0 aromatic carbocycles. The molecule has 2 bridgehead atoms. The SMILES string of the molecule is O=C1C2C3CCC(O3)C2SN1CCCCc1ccncc1. The summed E-state index contributed by atoms with van der Waals surface area (Å²) in [5, 5.41) is 0.399. The Labute approximate surface area is 129 Å². The maximum atomic E-state index is 12.5. The summed E-state index contributed by atoms with van der Waals surface area (Å²) in [5.41, 5.74) is 1.33. The lowest BCUT2D eigenvalue weighted by Gasteiger charge is -2.17. The second-order valence-corrected chi connectivity index (χ2v) is 7.33. The van der Waals surface area contributed by atoms with Gasteiger partial charge in [-0.25, -0.2) is 0 Å². The highest BCUT2D eigenvalue weighted by Crippen LogP contribution is 2.51. The summed E-state index contributed by atoms with van der Waals surface area (Å²) in [6, 6.07) is 4.13. The molecular formula is C16H20N2O2S. The Morgan fingerprint density at radius 3 is 2.86 bits per heavy atom. The lowest BCUT2D eigenvalue weighted by atomic mass is 9.88. The molecule has 0 aliphatic carbocycles. The van der Waals surface area contributed by atoms with Gasteiger partial charge >= 0.3 is 0 Å². The van der Waals surface area contributed by atoms with Gasteiger partial charge < -0.3 is 4.74 Å². The molecule has 3 fully saturated rings. The predicted octanol–water partition coefficient (Wildman–Crippen LogP) is 2.44. The Morgan fingerprint density at radius 1 is 1.24 bits per heavy atom. The van der Waals surface area contributed by atoms with Crippen LogP contribution in [0.25, 0.3) is 0 Å². The molecule has 1 aromatic heterocycles. The fourth-order valence-corrected chi connectivity index (χ4v) is 5.25. The number of ether oxygens (including phenoxy) is 1. The van der Waals surface area contributed by atoms with Crippen molar-refractivity contribution >= 4 is 17.9 Å². The third-order valence-electron chi connectivity index (χ3n) is 4.81. The van der Waals surface area contributed by atoms with Crippen molar-refractivity contribution in [1.29, 1.82) is 0 Å². The van der Waals surface area contributed by atoms with E-state index in [1.807, 2.05) is 16.7 Å². The number of carbonyl (C=O) groups is 1. The number of nitrogens with zero attached hydrogens (tertiary/aromatic N) is 2. The molecule has 3 aliphatic rings. The van der Waals surface area contributed by atoms with Crippen molar-refractivity contribution in [1.82, 2.24) is 9.29 Å². The van der Waals surface area contributed by atoms with Crippen molar-refractivity contribution < 1.29 is 9.53 Å². The first-order chi connectivity index (χ1) is 10.3. The van der Waals surface area contributed by atoms with Crippen LogP contribution >= 0.6 is 11.9 Å². The van der Waals surface area contributed by atoms with Crippen LogP contribution < -0.4 is 0 Å². The number of rotatable bonds is 5. The fourth-order valence-electron chi connectivity index (χ4n) is 3.73. The molecular weight excluding hydrogens is 284 g/mol. The third kappa shape index (κ3) is 2.46. The van der Waals surface area contributed by atoms with Crippen LogP contribution in [0.15, 0.2) is 24.5 Å². The van der Waals surface area contributed by atoms with Crippen molar-refractivity contribution in [2.45, 2.75) is 49.6 Å². The van der Waals surface area contributed by atoms with Crippen LogP contribution in [0.3, 0.4) is 0 Å². The van der Waals surface area contributed by atoms with Crippen LogP contribution in [0.1, 0.15) is 31.2 Å². The van der Waals surface area contributed by atoms with Gasteiger partial charge in [-0.2, -0.15) is 0 Å². The molecule has 4 rings (SSSR count). The van der Waals surface area contributed by atoms with Gasteiger partial charge in [0.1, 0.15) is 0 Å². The number of unbranched alkanes of at least 4 members (excludes halogenated alkanes) is 1. The normalized spacial score (nSPS) is 33.7. The van der Waals surface area contributed by atoms with Gasteiger partial charge in [0, 0.05) is 18.9 Å². The Bertz CT molecular complexity index is 524. The third-order valence-corrected chi connectivity index (χ3v) is 6.27. The van der Waals surface area contributed by atoms with E-state index in [-0.39, 0.29) is 12.0 Å². The Morgan fingerprint density at radius 2 is 2.05 bits per heavy atom.